The lowest BCUT2D eigenvalue weighted by Crippen LogP contribution is -2.25. The molecule has 0 aromatic carbocycles. The van der Waals surface area contributed by atoms with Crippen LogP contribution in [0.25, 0.3) is 43.6 Å². The fraction of sp³-hybridized carbons (Fsp3) is 0.360. The largest absolute Gasteiger partial charge is 0.481 e. The number of pyridine rings is 4. The van der Waals surface area contributed by atoms with Crippen molar-refractivity contribution in [2.75, 3.05) is 0 Å². The van der Waals surface area contributed by atoms with Gasteiger partial charge in [-0.05, 0) is 113 Å². The average molecular weight is 961 g/mol. The van der Waals surface area contributed by atoms with Gasteiger partial charge < -0.3 is 60.3 Å². The van der Waals surface area contributed by atoms with Crippen LogP contribution in [-0.2, 0) is 44.9 Å². The summed E-state index contributed by atoms with van der Waals surface area (Å²) >= 11 is 0. The second kappa shape index (κ2) is 19.4. The van der Waals surface area contributed by atoms with Crippen LogP contribution in [0.1, 0.15) is 132 Å². The summed E-state index contributed by atoms with van der Waals surface area (Å²) in [5.74, 6) is -2.06. The zero-order chi connectivity index (χ0) is 51.2. The molecule has 20 heteroatoms. The number of H-pyrrole nitrogens is 8. The number of aromatic nitrogens is 8. The lowest BCUT2D eigenvalue weighted by molar-refractivity contribution is -0.135. The monoisotopic (exact) mass is 960 g/mol. The lowest BCUT2D eigenvalue weighted by atomic mass is 9.70. The highest BCUT2D eigenvalue weighted by Crippen LogP contribution is 2.50. The number of rotatable bonds is 0. The quantitative estimate of drug-likeness (QED) is 0.0787. The number of aromatic amines is 8. The summed E-state index contributed by atoms with van der Waals surface area (Å²) < 4.78 is 0. The van der Waals surface area contributed by atoms with E-state index in [1.54, 1.807) is 0 Å². The first-order chi connectivity index (χ1) is 32.9. The number of aryl methyl sites for hydroxylation is 4. The van der Waals surface area contributed by atoms with Crippen LogP contribution in [0.2, 0.25) is 0 Å². The molecular weight excluding hydrogens is 905 g/mol. The molecule has 0 spiro atoms. The van der Waals surface area contributed by atoms with Gasteiger partial charge >= 0.3 is 0 Å². The molecule has 0 fully saturated rings. The summed E-state index contributed by atoms with van der Waals surface area (Å²) in [5, 5.41) is 32.9. The molecule has 70 heavy (non-hydrogen) atoms. The van der Waals surface area contributed by atoms with E-state index in [1.807, 2.05) is 52.0 Å². The molecule has 0 radical (unpaired) electrons. The molecule has 4 bridgehead atoms. The van der Waals surface area contributed by atoms with Gasteiger partial charge in [0.1, 0.15) is 0 Å². The number of hydrogen-bond acceptors (Lipinski definition) is 8. The van der Waals surface area contributed by atoms with Crippen molar-refractivity contribution in [2.24, 2.45) is 0 Å². The Bertz CT molecular complexity index is 3160. The SMILES string of the molecule is CC(=O)O.CC(=O)O.CC(=O)O.CC(=O)O.Cc1cc2[nH]c3c(c2c(=O)[nH]1)C[C@H]1C[C@@H]3Cc2c1[nH]c1cc(C)[nH]c(=O)c21.Cc1cc2[nH]c3c(c2c(=O)[nH]1)C[C@H]1C[C@@H]3Cc2c1[nH]c1cc(C)[nH]c(=O)c21. The van der Waals surface area contributed by atoms with Crippen molar-refractivity contribution in [1.29, 1.82) is 0 Å². The van der Waals surface area contributed by atoms with Crippen LogP contribution in [0.5, 0.6) is 0 Å². The van der Waals surface area contributed by atoms with Crippen LogP contribution in [0.15, 0.2) is 43.4 Å². The van der Waals surface area contributed by atoms with E-state index in [2.05, 4.69) is 39.9 Å². The fourth-order valence-electron chi connectivity index (χ4n) is 10.9. The Hall–Kier alpha value is -8.16. The maximum atomic E-state index is 12.6. The number of carboxylic acids is 4. The average Bonchev–Trinajstić information content (AvgIpc) is 3.98. The van der Waals surface area contributed by atoms with Gasteiger partial charge in [0.25, 0.3) is 46.1 Å². The predicted molar refractivity (Wildman–Crippen MR) is 263 cm³/mol. The normalized spacial score (nSPS) is 17.5. The summed E-state index contributed by atoms with van der Waals surface area (Å²) in [7, 11) is 0. The van der Waals surface area contributed by atoms with Crippen LogP contribution >= 0.6 is 0 Å². The third-order valence-electron chi connectivity index (χ3n) is 12.8. The minimum absolute atomic E-state index is 0.00795. The summed E-state index contributed by atoms with van der Waals surface area (Å²) in [6.45, 7) is 12.0. The Kier molecular flexibility index (Phi) is 13.8. The van der Waals surface area contributed by atoms with Gasteiger partial charge in [0.05, 0.1) is 43.6 Å². The summed E-state index contributed by atoms with van der Waals surface area (Å²) in [5.41, 5.74) is 16.5. The first-order valence-electron chi connectivity index (χ1n) is 22.7. The maximum absolute atomic E-state index is 12.6. The van der Waals surface area contributed by atoms with E-state index in [9.17, 15) is 19.2 Å². The summed E-state index contributed by atoms with van der Waals surface area (Å²) in [6, 6.07) is 8.06. The van der Waals surface area contributed by atoms with Gasteiger partial charge in [0.2, 0.25) is 0 Å². The van der Waals surface area contributed by atoms with E-state index in [0.717, 1.165) is 155 Å². The smallest absolute Gasteiger partial charge is 0.300 e. The lowest BCUT2D eigenvalue weighted by Gasteiger charge is -2.34. The van der Waals surface area contributed by atoms with Crippen molar-refractivity contribution in [3.63, 3.8) is 0 Å². The second-order valence-corrected chi connectivity index (χ2v) is 18.5. The number of nitrogens with one attached hydrogen (secondary N) is 8. The van der Waals surface area contributed by atoms with E-state index in [-0.39, 0.29) is 22.2 Å². The molecular formula is C50H56N8O12. The molecule has 0 unspecified atom stereocenters. The standard InChI is InChI=1S/2C21H20N4O2.4C2H4O2/c2*1-8-3-14-16(20(26)22-8)12-6-11-5-10(18(12)24-14)7-13-17-15(25-19(11)13)4-9(2)23-21(17)27;4*1-2(3)4/h2*3-4,10-11,24-25H,5-7H2,1-2H3,(H,22,26)(H,23,27);4*1H3,(H,3,4)/t2*10-,11-;;;;/m11..../s1. The second-order valence-electron chi connectivity index (χ2n) is 18.5. The van der Waals surface area contributed by atoms with Crippen LogP contribution in [0.4, 0.5) is 0 Å². The van der Waals surface area contributed by atoms with E-state index >= 15 is 0 Å². The minimum atomic E-state index is -0.833. The van der Waals surface area contributed by atoms with Crippen LogP contribution in [0, 0.1) is 27.7 Å². The molecule has 0 saturated carbocycles. The number of hydrogen-bond donors (Lipinski definition) is 12. The minimum Gasteiger partial charge on any atom is -0.481 e. The topological polar surface area (TPSA) is 344 Å². The van der Waals surface area contributed by atoms with Gasteiger partial charge in [-0.1, -0.05) is 0 Å². The van der Waals surface area contributed by atoms with Crippen molar-refractivity contribution >= 4 is 67.5 Å². The number of carboxylic acid groups (broad SMARTS) is 4. The molecule has 20 nitrogen and oxygen atoms in total. The van der Waals surface area contributed by atoms with Gasteiger partial charge in [-0.3, -0.25) is 38.4 Å². The van der Waals surface area contributed by atoms with E-state index < -0.39 is 23.9 Å². The third-order valence-corrected chi connectivity index (χ3v) is 12.8. The molecule has 8 heterocycles. The van der Waals surface area contributed by atoms with E-state index in [1.165, 1.54) is 22.8 Å². The van der Waals surface area contributed by atoms with Gasteiger partial charge in [0, 0.05) is 96.9 Å². The molecule has 0 aliphatic heterocycles. The van der Waals surface area contributed by atoms with E-state index in [4.69, 9.17) is 39.6 Å². The number of carbonyl (C=O) groups is 4. The highest BCUT2D eigenvalue weighted by atomic mass is 16.4. The van der Waals surface area contributed by atoms with Gasteiger partial charge in [-0.2, -0.15) is 0 Å². The molecule has 0 amide bonds. The molecule has 4 aliphatic rings. The zero-order valence-corrected chi connectivity index (χ0v) is 39.9. The zero-order valence-electron chi connectivity index (χ0n) is 39.9. The van der Waals surface area contributed by atoms with Crippen molar-refractivity contribution in [1.82, 2.24) is 39.9 Å². The van der Waals surface area contributed by atoms with Crippen molar-refractivity contribution in [3.8, 4) is 0 Å². The molecule has 368 valence electrons. The Morgan fingerprint density at radius 3 is 0.714 bits per heavy atom. The Morgan fingerprint density at radius 1 is 0.371 bits per heavy atom. The maximum Gasteiger partial charge on any atom is 0.300 e. The molecule has 0 saturated heterocycles. The van der Waals surface area contributed by atoms with Crippen LogP contribution in [0.3, 0.4) is 0 Å². The fourth-order valence-corrected chi connectivity index (χ4v) is 10.9. The van der Waals surface area contributed by atoms with Gasteiger partial charge in [-0.25, -0.2) is 0 Å². The molecule has 4 aliphatic carbocycles. The van der Waals surface area contributed by atoms with Crippen molar-refractivity contribution < 1.29 is 39.6 Å². The van der Waals surface area contributed by atoms with E-state index in [0.29, 0.717) is 23.7 Å². The molecule has 12 rings (SSSR count). The Morgan fingerprint density at radius 2 is 0.543 bits per heavy atom. The van der Waals surface area contributed by atoms with Gasteiger partial charge in [-0.15, -0.1) is 0 Å². The molecule has 12 N–H and O–H groups in total. The summed E-state index contributed by atoms with van der Waals surface area (Å²) in [6.07, 6.45) is 5.41. The summed E-state index contributed by atoms with van der Waals surface area (Å²) in [4.78, 5) is 112. The van der Waals surface area contributed by atoms with Gasteiger partial charge in [0.15, 0.2) is 0 Å². The van der Waals surface area contributed by atoms with Crippen molar-refractivity contribution in [2.45, 2.75) is 118 Å². The van der Waals surface area contributed by atoms with Crippen LogP contribution in [-0.4, -0.2) is 84.2 Å². The highest BCUT2D eigenvalue weighted by Gasteiger charge is 2.40. The predicted octanol–water partition coefficient (Wildman–Crippen LogP) is 6.39. The molecule has 8 aromatic rings. The molecule has 4 atom stereocenters. The Balaban J connectivity index is 0.000000159. The van der Waals surface area contributed by atoms with Crippen molar-refractivity contribution in [3.05, 3.63) is 133 Å². The first kappa shape index (κ1) is 49.7. The molecule has 8 aromatic heterocycles. The number of fused-ring (bicyclic) bond motifs is 20. The van der Waals surface area contributed by atoms with Crippen LogP contribution < -0.4 is 22.2 Å². The number of aliphatic carboxylic acids is 4. The first-order valence-corrected chi connectivity index (χ1v) is 22.7. The Labute approximate surface area is 397 Å². The third kappa shape index (κ3) is 10.0. The highest BCUT2D eigenvalue weighted by molar-refractivity contribution is 5.89.